The molecule has 0 aliphatic heterocycles. The molecule has 0 fully saturated rings. The number of thiophene rings is 1. The smallest absolute Gasteiger partial charge is 0.120 e. The van der Waals surface area contributed by atoms with E-state index in [1.165, 1.54) is 15.6 Å². The number of aliphatic hydroxyl groups excluding tert-OH is 1. The molecule has 0 saturated heterocycles. The van der Waals surface area contributed by atoms with E-state index in [4.69, 9.17) is 9.84 Å². The van der Waals surface area contributed by atoms with E-state index >= 15 is 0 Å². The predicted octanol–water partition coefficient (Wildman–Crippen LogP) is 2.71. The normalized spacial score (nSPS) is 10.8. The van der Waals surface area contributed by atoms with Crippen molar-refractivity contribution >= 4 is 21.4 Å². The van der Waals surface area contributed by atoms with Gasteiger partial charge in [0.15, 0.2) is 0 Å². The number of aryl methyl sites for hydroxylation is 1. The molecular formula is C11H12O2S. The highest BCUT2D eigenvalue weighted by atomic mass is 32.1. The highest BCUT2D eigenvalue weighted by molar-refractivity contribution is 7.19. The van der Waals surface area contributed by atoms with Crippen molar-refractivity contribution in [1.82, 2.24) is 0 Å². The Morgan fingerprint density at radius 3 is 2.79 bits per heavy atom. The van der Waals surface area contributed by atoms with Gasteiger partial charge in [0.05, 0.1) is 13.7 Å². The van der Waals surface area contributed by atoms with Gasteiger partial charge in [-0.2, -0.15) is 0 Å². The van der Waals surface area contributed by atoms with Gasteiger partial charge in [0.1, 0.15) is 5.75 Å². The van der Waals surface area contributed by atoms with Gasteiger partial charge in [0.25, 0.3) is 0 Å². The molecule has 0 aliphatic rings. The Morgan fingerprint density at radius 2 is 2.14 bits per heavy atom. The van der Waals surface area contributed by atoms with Crippen LogP contribution in [0.3, 0.4) is 0 Å². The van der Waals surface area contributed by atoms with Crippen molar-refractivity contribution in [2.75, 3.05) is 7.11 Å². The number of ether oxygens (including phenoxy) is 1. The Bertz CT molecular complexity index is 460. The van der Waals surface area contributed by atoms with Gasteiger partial charge in [0.2, 0.25) is 0 Å². The third-order valence-corrected chi connectivity index (χ3v) is 3.33. The molecule has 0 unspecified atom stereocenters. The molecular weight excluding hydrogens is 196 g/mol. The lowest BCUT2D eigenvalue weighted by Crippen LogP contribution is -1.83. The maximum absolute atomic E-state index is 9.04. The fourth-order valence-corrected chi connectivity index (χ4v) is 2.56. The zero-order chi connectivity index (χ0) is 10.1. The van der Waals surface area contributed by atoms with E-state index in [1.54, 1.807) is 18.4 Å². The third kappa shape index (κ3) is 1.49. The summed E-state index contributed by atoms with van der Waals surface area (Å²) in [4.78, 5) is 0.997. The number of hydrogen-bond donors (Lipinski definition) is 1. The van der Waals surface area contributed by atoms with Crippen molar-refractivity contribution in [2.45, 2.75) is 13.5 Å². The summed E-state index contributed by atoms with van der Waals surface area (Å²) in [6.45, 7) is 2.17. The van der Waals surface area contributed by atoms with Crippen molar-refractivity contribution in [1.29, 1.82) is 0 Å². The highest BCUT2D eigenvalue weighted by Gasteiger charge is 2.05. The van der Waals surface area contributed by atoms with Gasteiger partial charge in [-0.1, -0.05) is 0 Å². The van der Waals surface area contributed by atoms with Gasteiger partial charge in [-0.3, -0.25) is 0 Å². The summed E-state index contributed by atoms with van der Waals surface area (Å²) in [5, 5.41) is 10.2. The van der Waals surface area contributed by atoms with Crippen LogP contribution in [-0.2, 0) is 6.61 Å². The monoisotopic (exact) mass is 208 g/mol. The number of benzene rings is 1. The van der Waals surface area contributed by atoms with Crippen LogP contribution < -0.4 is 4.74 Å². The number of hydrogen-bond acceptors (Lipinski definition) is 3. The van der Waals surface area contributed by atoms with Crippen molar-refractivity contribution in [3.05, 3.63) is 28.6 Å². The van der Waals surface area contributed by atoms with E-state index in [0.29, 0.717) is 0 Å². The Kier molecular flexibility index (Phi) is 2.44. The lowest BCUT2D eigenvalue weighted by Gasteiger charge is -2.01. The average Bonchev–Trinajstić information content (AvgIpc) is 2.61. The van der Waals surface area contributed by atoms with Crippen molar-refractivity contribution in [3.8, 4) is 5.75 Å². The van der Waals surface area contributed by atoms with Gasteiger partial charge in [0, 0.05) is 9.58 Å². The maximum atomic E-state index is 9.04. The lowest BCUT2D eigenvalue weighted by molar-refractivity contribution is 0.285. The van der Waals surface area contributed by atoms with E-state index in [9.17, 15) is 0 Å². The highest BCUT2D eigenvalue weighted by Crippen LogP contribution is 2.31. The van der Waals surface area contributed by atoms with Crippen LogP contribution in [0.4, 0.5) is 0 Å². The molecule has 2 nitrogen and oxygen atoms in total. The molecule has 0 spiro atoms. The van der Waals surface area contributed by atoms with Gasteiger partial charge in [-0.25, -0.2) is 0 Å². The van der Waals surface area contributed by atoms with Crippen LogP contribution in [0.2, 0.25) is 0 Å². The van der Waals surface area contributed by atoms with Crippen molar-refractivity contribution < 1.29 is 9.84 Å². The molecule has 2 rings (SSSR count). The van der Waals surface area contributed by atoms with Gasteiger partial charge < -0.3 is 9.84 Å². The largest absolute Gasteiger partial charge is 0.497 e. The second-order valence-electron chi connectivity index (χ2n) is 3.23. The van der Waals surface area contributed by atoms with Crippen LogP contribution in [0, 0.1) is 6.92 Å². The molecule has 1 N–H and O–H groups in total. The quantitative estimate of drug-likeness (QED) is 0.822. The van der Waals surface area contributed by atoms with E-state index in [0.717, 1.165) is 10.6 Å². The number of rotatable bonds is 2. The fourth-order valence-electron chi connectivity index (χ4n) is 1.53. The number of methoxy groups -OCH3 is 1. The first-order valence-electron chi connectivity index (χ1n) is 4.42. The maximum Gasteiger partial charge on any atom is 0.120 e. The molecule has 1 aromatic heterocycles. The molecule has 0 bridgehead atoms. The summed E-state index contributed by atoms with van der Waals surface area (Å²) in [6.07, 6.45) is 0. The number of aliphatic hydroxyl groups is 1. The number of fused-ring (bicyclic) bond motifs is 1. The van der Waals surface area contributed by atoms with Crippen molar-refractivity contribution in [2.24, 2.45) is 0 Å². The van der Waals surface area contributed by atoms with Crippen LogP contribution in [0.1, 0.15) is 10.4 Å². The third-order valence-electron chi connectivity index (χ3n) is 2.26. The SMILES string of the molecule is COc1cc(C)c2cc(CO)sc2c1. The molecule has 1 aromatic carbocycles. The van der Waals surface area contributed by atoms with Crippen LogP contribution in [0.15, 0.2) is 18.2 Å². The van der Waals surface area contributed by atoms with Gasteiger partial charge in [-0.05, 0) is 36.1 Å². The van der Waals surface area contributed by atoms with Crippen LogP contribution in [0.5, 0.6) is 5.75 Å². The van der Waals surface area contributed by atoms with Crippen LogP contribution in [-0.4, -0.2) is 12.2 Å². The van der Waals surface area contributed by atoms with E-state index in [2.05, 4.69) is 6.92 Å². The first-order chi connectivity index (χ1) is 6.74. The van der Waals surface area contributed by atoms with E-state index in [1.807, 2.05) is 18.2 Å². The standard InChI is InChI=1S/C11H12O2S/c1-7-3-8(13-2)4-11-10(7)5-9(6-12)14-11/h3-5,12H,6H2,1-2H3. The topological polar surface area (TPSA) is 29.5 Å². The first kappa shape index (κ1) is 9.49. The van der Waals surface area contributed by atoms with Gasteiger partial charge in [-0.15, -0.1) is 11.3 Å². The molecule has 0 aliphatic carbocycles. The van der Waals surface area contributed by atoms with E-state index < -0.39 is 0 Å². The van der Waals surface area contributed by atoms with Gasteiger partial charge >= 0.3 is 0 Å². The molecule has 14 heavy (non-hydrogen) atoms. The lowest BCUT2D eigenvalue weighted by atomic mass is 10.1. The molecule has 0 atom stereocenters. The summed E-state index contributed by atoms with van der Waals surface area (Å²) in [5.74, 6) is 0.876. The molecule has 0 radical (unpaired) electrons. The van der Waals surface area contributed by atoms with Crippen LogP contribution in [0.25, 0.3) is 10.1 Å². The second kappa shape index (κ2) is 3.59. The molecule has 3 heteroatoms. The Labute approximate surface area is 86.8 Å². The molecule has 2 aromatic rings. The minimum atomic E-state index is 0.112. The van der Waals surface area contributed by atoms with Crippen molar-refractivity contribution in [3.63, 3.8) is 0 Å². The summed E-state index contributed by atoms with van der Waals surface area (Å²) >= 11 is 1.61. The Hall–Kier alpha value is -1.06. The van der Waals surface area contributed by atoms with Crippen LogP contribution >= 0.6 is 11.3 Å². The minimum absolute atomic E-state index is 0.112. The zero-order valence-electron chi connectivity index (χ0n) is 8.20. The molecule has 0 amide bonds. The molecule has 74 valence electrons. The summed E-state index contributed by atoms with van der Waals surface area (Å²) in [6, 6.07) is 6.05. The Balaban J connectivity index is 2.67. The Morgan fingerprint density at radius 1 is 1.36 bits per heavy atom. The minimum Gasteiger partial charge on any atom is -0.497 e. The summed E-state index contributed by atoms with van der Waals surface area (Å²) < 4.78 is 6.36. The fraction of sp³-hybridized carbons (Fsp3) is 0.273. The molecule has 1 heterocycles. The molecule has 0 saturated carbocycles. The zero-order valence-corrected chi connectivity index (χ0v) is 9.02. The van der Waals surface area contributed by atoms with E-state index in [-0.39, 0.29) is 6.61 Å². The summed E-state index contributed by atoms with van der Waals surface area (Å²) in [5.41, 5.74) is 1.19. The predicted molar refractivity (Wildman–Crippen MR) is 59.0 cm³/mol. The first-order valence-corrected chi connectivity index (χ1v) is 5.24. The summed E-state index contributed by atoms with van der Waals surface area (Å²) in [7, 11) is 1.67. The average molecular weight is 208 g/mol. The second-order valence-corrected chi connectivity index (χ2v) is 4.40.